The van der Waals surface area contributed by atoms with E-state index in [2.05, 4.69) is 0 Å². The molecule has 0 aliphatic carbocycles. The van der Waals surface area contributed by atoms with Crippen LogP contribution >= 0.6 is 0 Å². The summed E-state index contributed by atoms with van der Waals surface area (Å²) < 4.78 is 22.7. The van der Waals surface area contributed by atoms with Crippen molar-refractivity contribution in [1.82, 2.24) is 0 Å². The van der Waals surface area contributed by atoms with Gasteiger partial charge < -0.3 is 9.47 Å². The van der Waals surface area contributed by atoms with Gasteiger partial charge in [-0.05, 0) is 13.0 Å². The third-order valence-electron chi connectivity index (χ3n) is 1.63. The van der Waals surface area contributed by atoms with Crippen molar-refractivity contribution in [1.29, 1.82) is 0 Å². The number of carbonyl (C=O) groups excluding carboxylic acids is 1. The maximum atomic E-state index is 13.1. The molecule has 0 bridgehead atoms. The summed E-state index contributed by atoms with van der Waals surface area (Å²) in [7, 11) is 0. The van der Waals surface area contributed by atoms with E-state index in [9.17, 15) is 9.18 Å². The lowest BCUT2D eigenvalue weighted by Crippen LogP contribution is -2.37. The molecule has 0 N–H and O–H groups in total. The highest BCUT2D eigenvalue weighted by Crippen LogP contribution is 2.17. The smallest absolute Gasteiger partial charge is 0.303 e. The summed E-state index contributed by atoms with van der Waals surface area (Å²) in [5.41, 5.74) is 0. The second-order valence-corrected chi connectivity index (χ2v) is 2.69. The van der Waals surface area contributed by atoms with Gasteiger partial charge in [0.15, 0.2) is 12.3 Å². The first-order valence-corrected chi connectivity index (χ1v) is 3.74. The zero-order chi connectivity index (χ0) is 9.14. The first kappa shape index (κ1) is 9.03. The molecule has 0 saturated carbocycles. The molecule has 0 aromatic rings. The molecule has 12 heavy (non-hydrogen) atoms. The summed E-state index contributed by atoms with van der Waals surface area (Å²) in [6.07, 6.45) is 0.116. The minimum atomic E-state index is -1.28. The molecule has 0 spiro atoms. The van der Waals surface area contributed by atoms with E-state index in [0.29, 0.717) is 0 Å². The lowest BCUT2D eigenvalue weighted by atomic mass is 10.1. The molecule has 0 aromatic carbocycles. The fourth-order valence-corrected chi connectivity index (χ4v) is 0.991. The first-order chi connectivity index (χ1) is 5.61. The lowest BCUT2D eigenvalue weighted by Gasteiger charge is -2.26. The minimum absolute atomic E-state index is 0.485. The van der Waals surface area contributed by atoms with Gasteiger partial charge in [-0.1, -0.05) is 0 Å². The molecule has 0 fully saturated rings. The number of ether oxygens (including phenoxy) is 2. The van der Waals surface area contributed by atoms with E-state index in [4.69, 9.17) is 9.47 Å². The zero-order valence-electron chi connectivity index (χ0n) is 6.99. The third-order valence-corrected chi connectivity index (χ3v) is 1.63. The maximum Gasteiger partial charge on any atom is 0.303 e. The highest BCUT2D eigenvalue weighted by atomic mass is 19.1. The Kier molecular flexibility index (Phi) is 2.68. The van der Waals surface area contributed by atoms with Gasteiger partial charge in [0.2, 0.25) is 0 Å². The molecular weight excluding hydrogens is 163 g/mol. The highest BCUT2D eigenvalue weighted by molar-refractivity contribution is 5.66. The molecule has 0 unspecified atom stereocenters. The normalized spacial score (nSPS) is 34.1. The SMILES string of the molecule is CC(=O)O[C@H]1C=CO[C@H](C)[C@H]1F. The summed E-state index contributed by atoms with van der Waals surface area (Å²) in [6.45, 7) is 2.84. The van der Waals surface area contributed by atoms with Crippen LogP contribution in [0.15, 0.2) is 12.3 Å². The molecule has 1 aliphatic heterocycles. The van der Waals surface area contributed by atoms with Gasteiger partial charge in [0, 0.05) is 6.92 Å². The van der Waals surface area contributed by atoms with Crippen LogP contribution in [0.1, 0.15) is 13.8 Å². The molecule has 0 amide bonds. The first-order valence-electron chi connectivity index (χ1n) is 3.74. The Hall–Kier alpha value is -1.06. The van der Waals surface area contributed by atoms with Gasteiger partial charge in [-0.25, -0.2) is 4.39 Å². The average molecular weight is 174 g/mol. The average Bonchev–Trinajstić information content (AvgIpc) is 1.98. The van der Waals surface area contributed by atoms with E-state index in [-0.39, 0.29) is 0 Å². The Balaban J connectivity index is 2.57. The summed E-state index contributed by atoms with van der Waals surface area (Å²) in [5, 5.41) is 0. The standard InChI is InChI=1S/C8H11FO3/c1-5-8(9)7(3-4-11-5)12-6(2)10/h3-5,7-8H,1-2H3/t5-,7+,8-/m1/s1. The molecule has 3 atom stereocenters. The van der Waals surface area contributed by atoms with Gasteiger partial charge in [0.25, 0.3) is 0 Å². The van der Waals surface area contributed by atoms with Gasteiger partial charge in [-0.3, -0.25) is 4.79 Å². The second-order valence-electron chi connectivity index (χ2n) is 2.69. The molecule has 1 aliphatic rings. The molecule has 0 aromatic heterocycles. The Labute approximate surface area is 70.2 Å². The highest BCUT2D eigenvalue weighted by Gasteiger charge is 2.30. The van der Waals surface area contributed by atoms with E-state index >= 15 is 0 Å². The number of esters is 1. The molecule has 4 heteroatoms. The minimum Gasteiger partial charge on any atom is -0.495 e. The van der Waals surface area contributed by atoms with Crippen molar-refractivity contribution < 1.29 is 18.7 Å². The quantitative estimate of drug-likeness (QED) is 0.560. The van der Waals surface area contributed by atoms with Crippen LogP contribution in [0, 0.1) is 0 Å². The van der Waals surface area contributed by atoms with Crippen LogP contribution in [0.3, 0.4) is 0 Å². The fraction of sp³-hybridized carbons (Fsp3) is 0.625. The van der Waals surface area contributed by atoms with Crippen LogP contribution in [-0.4, -0.2) is 24.3 Å². The second kappa shape index (κ2) is 3.56. The van der Waals surface area contributed by atoms with Gasteiger partial charge in [0.1, 0.15) is 6.10 Å². The fourth-order valence-electron chi connectivity index (χ4n) is 0.991. The van der Waals surface area contributed by atoms with Crippen LogP contribution in [0.4, 0.5) is 4.39 Å². The maximum absolute atomic E-state index is 13.1. The van der Waals surface area contributed by atoms with Crippen LogP contribution < -0.4 is 0 Å². The van der Waals surface area contributed by atoms with Crippen molar-refractivity contribution in [2.75, 3.05) is 0 Å². The van der Waals surface area contributed by atoms with Crippen molar-refractivity contribution in [2.45, 2.75) is 32.2 Å². The molecular formula is C8H11FO3. The van der Waals surface area contributed by atoms with E-state index in [0.717, 1.165) is 0 Å². The molecule has 3 nitrogen and oxygen atoms in total. The number of carbonyl (C=O) groups is 1. The predicted octanol–water partition coefficient (Wildman–Crippen LogP) is 1.19. The monoisotopic (exact) mass is 174 g/mol. The number of halogens is 1. The van der Waals surface area contributed by atoms with Gasteiger partial charge in [-0.15, -0.1) is 0 Å². The predicted molar refractivity (Wildman–Crippen MR) is 40.1 cm³/mol. The number of alkyl halides is 1. The molecule has 0 saturated heterocycles. The molecule has 0 radical (unpaired) electrons. The zero-order valence-corrected chi connectivity index (χ0v) is 6.99. The molecule has 1 rings (SSSR count). The summed E-state index contributed by atoms with van der Waals surface area (Å²) in [5.74, 6) is -0.485. The van der Waals surface area contributed by atoms with Crippen molar-refractivity contribution in [3.05, 3.63) is 12.3 Å². The molecule has 68 valence electrons. The Morgan fingerprint density at radius 2 is 2.33 bits per heavy atom. The lowest BCUT2D eigenvalue weighted by molar-refractivity contribution is -0.150. The summed E-state index contributed by atoms with van der Waals surface area (Å²) in [6, 6.07) is 0. The van der Waals surface area contributed by atoms with Crippen molar-refractivity contribution in [2.24, 2.45) is 0 Å². The van der Waals surface area contributed by atoms with Gasteiger partial charge in [0.05, 0.1) is 6.26 Å². The number of hydrogen-bond donors (Lipinski definition) is 0. The summed E-state index contributed by atoms with van der Waals surface area (Å²) >= 11 is 0. The Bertz CT molecular complexity index is 202. The van der Waals surface area contributed by atoms with Crippen molar-refractivity contribution in [3.63, 3.8) is 0 Å². The Morgan fingerprint density at radius 3 is 2.92 bits per heavy atom. The van der Waals surface area contributed by atoms with Crippen molar-refractivity contribution >= 4 is 5.97 Å². The van der Waals surface area contributed by atoms with E-state index in [1.165, 1.54) is 19.3 Å². The molecule has 1 heterocycles. The van der Waals surface area contributed by atoms with E-state index < -0.39 is 24.3 Å². The van der Waals surface area contributed by atoms with Crippen molar-refractivity contribution in [3.8, 4) is 0 Å². The van der Waals surface area contributed by atoms with Crippen LogP contribution in [0.5, 0.6) is 0 Å². The number of rotatable bonds is 1. The largest absolute Gasteiger partial charge is 0.495 e. The van der Waals surface area contributed by atoms with E-state index in [1.807, 2.05) is 0 Å². The van der Waals surface area contributed by atoms with Crippen LogP contribution in [0.25, 0.3) is 0 Å². The van der Waals surface area contributed by atoms with Crippen LogP contribution in [0.2, 0.25) is 0 Å². The summed E-state index contributed by atoms with van der Waals surface area (Å²) in [4.78, 5) is 10.5. The third kappa shape index (κ3) is 1.96. The number of hydrogen-bond acceptors (Lipinski definition) is 3. The Morgan fingerprint density at radius 1 is 1.67 bits per heavy atom. The van der Waals surface area contributed by atoms with E-state index in [1.54, 1.807) is 6.92 Å². The van der Waals surface area contributed by atoms with Gasteiger partial charge in [-0.2, -0.15) is 0 Å². The topological polar surface area (TPSA) is 35.5 Å². The van der Waals surface area contributed by atoms with Gasteiger partial charge >= 0.3 is 5.97 Å². The van der Waals surface area contributed by atoms with Crippen LogP contribution in [-0.2, 0) is 14.3 Å².